The maximum absolute atomic E-state index is 13.9. The van der Waals surface area contributed by atoms with Crippen LogP contribution in [0.1, 0.15) is 0 Å². The third-order valence-corrected chi connectivity index (χ3v) is 5.06. The lowest BCUT2D eigenvalue weighted by Gasteiger charge is -2.14. The number of nitrogens with zero attached hydrogens (tertiary/aromatic N) is 2. The minimum absolute atomic E-state index is 0.0455. The number of methoxy groups -OCH3 is 2. The molecule has 0 aliphatic heterocycles. The first-order valence-corrected chi connectivity index (χ1v) is 9.99. The van der Waals surface area contributed by atoms with Gasteiger partial charge in [0.05, 0.1) is 29.4 Å². The van der Waals surface area contributed by atoms with Crippen LogP contribution in [0, 0.1) is 5.82 Å². The third kappa shape index (κ3) is 4.41. The quantitative estimate of drug-likeness (QED) is 0.379. The molecule has 4 aromatic rings. The van der Waals surface area contributed by atoms with Crippen LogP contribution in [0.5, 0.6) is 11.5 Å². The van der Waals surface area contributed by atoms with Crippen molar-refractivity contribution in [2.75, 3.05) is 40.6 Å². The minimum Gasteiger partial charge on any atom is -0.487 e. The Morgan fingerprint density at radius 1 is 0.903 bits per heavy atom. The van der Waals surface area contributed by atoms with Gasteiger partial charge in [0.15, 0.2) is 11.5 Å². The predicted molar refractivity (Wildman–Crippen MR) is 117 cm³/mol. The normalized spacial score (nSPS) is 11.4. The van der Waals surface area contributed by atoms with Crippen molar-refractivity contribution in [1.29, 1.82) is 0 Å². The van der Waals surface area contributed by atoms with E-state index in [2.05, 4.69) is 15.0 Å². The highest BCUT2D eigenvalue weighted by atomic mass is 35.5. The smallest absolute Gasteiger partial charge is 0.163 e. The van der Waals surface area contributed by atoms with Crippen LogP contribution in [0.3, 0.4) is 0 Å². The van der Waals surface area contributed by atoms with Crippen LogP contribution in [0.2, 0.25) is 5.02 Å². The second-order valence-electron chi connectivity index (χ2n) is 6.74. The van der Waals surface area contributed by atoms with Crippen LogP contribution in [0.25, 0.3) is 33.1 Å². The van der Waals surface area contributed by atoms with Crippen molar-refractivity contribution in [2.24, 2.45) is 0 Å². The number of aromatic amines is 1. The van der Waals surface area contributed by atoms with E-state index in [1.54, 1.807) is 32.5 Å². The highest BCUT2D eigenvalue weighted by Gasteiger charge is 2.17. The number of aromatic nitrogens is 3. The molecule has 0 atom stereocenters. The Morgan fingerprint density at radius 3 is 2.32 bits per heavy atom. The maximum Gasteiger partial charge on any atom is 0.163 e. The molecule has 31 heavy (non-hydrogen) atoms. The summed E-state index contributed by atoms with van der Waals surface area (Å²) in [7, 11) is 3.22. The molecule has 7 nitrogen and oxygen atoms in total. The van der Waals surface area contributed by atoms with E-state index in [-0.39, 0.29) is 5.02 Å². The number of halogens is 2. The SMILES string of the molecule is COCCOc1cc2ncnc(-c3c[nH]c4cc(F)c(Cl)cc34)c2cc1OCCOC. The van der Waals surface area contributed by atoms with Gasteiger partial charge in [-0.15, -0.1) is 0 Å². The van der Waals surface area contributed by atoms with Gasteiger partial charge >= 0.3 is 0 Å². The van der Waals surface area contributed by atoms with E-state index in [4.69, 9.17) is 30.5 Å². The Labute approximate surface area is 183 Å². The molecule has 4 rings (SSSR count). The Hall–Kier alpha value is -2.94. The molecule has 0 saturated carbocycles. The van der Waals surface area contributed by atoms with E-state index in [0.29, 0.717) is 54.7 Å². The molecule has 0 aliphatic carbocycles. The van der Waals surface area contributed by atoms with E-state index in [1.807, 2.05) is 6.07 Å². The predicted octanol–water partition coefficient (Wildman–Crippen LogP) is 4.62. The highest BCUT2D eigenvalue weighted by molar-refractivity contribution is 6.31. The zero-order valence-corrected chi connectivity index (χ0v) is 17.8. The average Bonchev–Trinajstić information content (AvgIpc) is 3.16. The molecule has 0 amide bonds. The van der Waals surface area contributed by atoms with Gasteiger partial charge < -0.3 is 23.9 Å². The second kappa shape index (κ2) is 9.47. The van der Waals surface area contributed by atoms with Crippen molar-refractivity contribution < 1.29 is 23.3 Å². The molecule has 0 fully saturated rings. The van der Waals surface area contributed by atoms with Gasteiger partial charge in [0, 0.05) is 48.3 Å². The number of H-pyrrole nitrogens is 1. The molecule has 0 radical (unpaired) electrons. The average molecular weight is 446 g/mol. The highest BCUT2D eigenvalue weighted by Crippen LogP contribution is 2.38. The van der Waals surface area contributed by atoms with Crippen molar-refractivity contribution in [3.05, 3.63) is 47.6 Å². The number of rotatable bonds is 9. The summed E-state index contributed by atoms with van der Waals surface area (Å²) < 4.78 is 35.7. The number of fused-ring (bicyclic) bond motifs is 2. The van der Waals surface area contributed by atoms with Gasteiger partial charge in [-0.25, -0.2) is 14.4 Å². The fraction of sp³-hybridized carbons (Fsp3) is 0.273. The van der Waals surface area contributed by atoms with Crippen LogP contribution >= 0.6 is 11.6 Å². The van der Waals surface area contributed by atoms with Crippen LogP contribution in [0.15, 0.2) is 36.8 Å². The molecule has 162 valence electrons. The first-order chi connectivity index (χ1) is 15.1. The summed E-state index contributed by atoms with van der Waals surface area (Å²) in [6.45, 7) is 1.60. The molecule has 2 aromatic heterocycles. The van der Waals surface area contributed by atoms with Gasteiger partial charge in [-0.1, -0.05) is 11.6 Å². The lowest BCUT2D eigenvalue weighted by Crippen LogP contribution is -2.08. The van der Waals surface area contributed by atoms with E-state index in [0.717, 1.165) is 16.3 Å². The molecule has 9 heteroatoms. The topological polar surface area (TPSA) is 78.5 Å². The van der Waals surface area contributed by atoms with Crippen molar-refractivity contribution in [3.8, 4) is 22.8 Å². The summed E-state index contributed by atoms with van der Waals surface area (Å²) in [5.41, 5.74) is 2.75. The van der Waals surface area contributed by atoms with Crippen LogP contribution in [0.4, 0.5) is 4.39 Å². The van der Waals surface area contributed by atoms with Crippen molar-refractivity contribution >= 4 is 33.4 Å². The number of benzene rings is 2. The third-order valence-electron chi connectivity index (χ3n) is 4.77. The van der Waals surface area contributed by atoms with E-state index in [1.165, 1.54) is 12.4 Å². The fourth-order valence-corrected chi connectivity index (χ4v) is 3.45. The van der Waals surface area contributed by atoms with Gasteiger partial charge in [-0.3, -0.25) is 0 Å². The van der Waals surface area contributed by atoms with E-state index >= 15 is 0 Å². The molecule has 0 bridgehead atoms. The number of nitrogens with one attached hydrogen (secondary N) is 1. The van der Waals surface area contributed by atoms with Crippen molar-refractivity contribution in [1.82, 2.24) is 15.0 Å². The summed E-state index contributed by atoms with van der Waals surface area (Å²) in [4.78, 5) is 12.0. The van der Waals surface area contributed by atoms with Crippen molar-refractivity contribution in [2.45, 2.75) is 0 Å². The number of hydrogen-bond acceptors (Lipinski definition) is 6. The molecule has 1 N–H and O–H groups in total. The first kappa shape index (κ1) is 21.3. The molecular weight excluding hydrogens is 425 g/mol. The Bertz CT molecular complexity index is 1210. The van der Waals surface area contributed by atoms with E-state index in [9.17, 15) is 4.39 Å². The lowest BCUT2D eigenvalue weighted by atomic mass is 10.0. The standard InChI is InChI=1S/C22H21ClFN3O4/c1-28-3-5-30-20-8-14-19(10-21(20)31-6-4-29-2)26-12-27-22(14)15-11-25-18-9-17(24)16(23)7-13(15)18/h7-12,25H,3-6H2,1-2H3. The van der Waals surface area contributed by atoms with Crippen molar-refractivity contribution in [3.63, 3.8) is 0 Å². The fourth-order valence-electron chi connectivity index (χ4n) is 3.29. The maximum atomic E-state index is 13.9. The largest absolute Gasteiger partial charge is 0.487 e. The zero-order chi connectivity index (χ0) is 21.8. The molecule has 0 unspecified atom stereocenters. The summed E-state index contributed by atoms with van der Waals surface area (Å²) in [6.07, 6.45) is 3.25. The summed E-state index contributed by atoms with van der Waals surface area (Å²) in [5, 5.41) is 1.56. The number of ether oxygens (including phenoxy) is 4. The van der Waals surface area contributed by atoms with Gasteiger partial charge in [-0.2, -0.15) is 0 Å². The van der Waals surface area contributed by atoms with Gasteiger partial charge in [-0.05, 0) is 18.2 Å². The van der Waals surface area contributed by atoms with Crippen LogP contribution in [-0.4, -0.2) is 55.6 Å². The minimum atomic E-state index is -0.484. The summed E-state index contributed by atoms with van der Waals surface area (Å²) in [5.74, 6) is 0.608. The van der Waals surface area contributed by atoms with Crippen LogP contribution in [-0.2, 0) is 9.47 Å². The van der Waals surface area contributed by atoms with Gasteiger partial charge in [0.25, 0.3) is 0 Å². The molecule has 0 saturated heterocycles. The molecular formula is C22H21ClFN3O4. The summed E-state index contributed by atoms with van der Waals surface area (Å²) in [6, 6.07) is 6.60. The molecule has 0 spiro atoms. The van der Waals surface area contributed by atoms with E-state index < -0.39 is 5.82 Å². The Balaban J connectivity index is 1.83. The van der Waals surface area contributed by atoms with Crippen LogP contribution < -0.4 is 9.47 Å². The summed E-state index contributed by atoms with van der Waals surface area (Å²) >= 11 is 6.02. The van der Waals surface area contributed by atoms with Gasteiger partial charge in [0.2, 0.25) is 0 Å². The molecule has 0 aliphatic rings. The number of hydrogen-bond donors (Lipinski definition) is 1. The lowest BCUT2D eigenvalue weighted by molar-refractivity contribution is 0.132. The molecule has 2 aromatic carbocycles. The second-order valence-corrected chi connectivity index (χ2v) is 7.14. The zero-order valence-electron chi connectivity index (χ0n) is 17.1. The molecule has 2 heterocycles. The monoisotopic (exact) mass is 445 g/mol. The first-order valence-electron chi connectivity index (χ1n) is 9.61. The Morgan fingerprint density at radius 2 is 1.61 bits per heavy atom. The van der Waals surface area contributed by atoms with Gasteiger partial charge in [0.1, 0.15) is 25.4 Å². The Kier molecular flexibility index (Phi) is 6.50.